The minimum atomic E-state index is -0.846. The second kappa shape index (κ2) is 6.40. The molecule has 2 aliphatic rings. The summed E-state index contributed by atoms with van der Waals surface area (Å²) in [6, 6.07) is -0.590. The SMILES string of the molecule is CC(CC1CCCC1)C(=O)N1CCCCC1C(=O)O. The molecule has 0 aromatic heterocycles. The number of hydrogen-bond acceptors (Lipinski definition) is 2. The van der Waals surface area contributed by atoms with Crippen LogP contribution in [-0.4, -0.2) is 34.5 Å². The molecule has 0 aromatic rings. The second-order valence-corrected chi connectivity index (χ2v) is 6.17. The summed E-state index contributed by atoms with van der Waals surface area (Å²) in [7, 11) is 0. The van der Waals surface area contributed by atoms with E-state index in [0.717, 1.165) is 19.3 Å². The van der Waals surface area contributed by atoms with Gasteiger partial charge in [0.15, 0.2) is 0 Å². The summed E-state index contributed by atoms with van der Waals surface area (Å²) in [6.07, 6.45) is 8.43. The lowest BCUT2D eigenvalue weighted by Crippen LogP contribution is -2.49. The number of aliphatic carboxylic acids is 1. The molecule has 1 aliphatic carbocycles. The summed E-state index contributed by atoms with van der Waals surface area (Å²) in [5, 5.41) is 9.23. The van der Waals surface area contributed by atoms with Crippen molar-refractivity contribution in [2.75, 3.05) is 6.54 Å². The highest BCUT2D eigenvalue weighted by Gasteiger charge is 2.34. The highest BCUT2D eigenvalue weighted by atomic mass is 16.4. The number of carbonyl (C=O) groups excluding carboxylic acids is 1. The first-order valence-electron chi connectivity index (χ1n) is 7.63. The van der Waals surface area contributed by atoms with Crippen LogP contribution in [0.1, 0.15) is 58.3 Å². The third-order valence-corrected chi connectivity index (χ3v) is 4.65. The second-order valence-electron chi connectivity index (χ2n) is 6.17. The largest absolute Gasteiger partial charge is 0.480 e. The summed E-state index contributed by atoms with van der Waals surface area (Å²) in [5.41, 5.74) is 0. The van der Waals surface area contributed by atoms with Crippen LogP contribution < -0.4 is 0 Å². The number of likely N-dealkylation sites (tertiary alicyclic amines) is 1. The number of carbonyl (C=O) groups is 2. The van der Waals surface area contributed by atoms with Gasteiger partial charge in [0.25, 0.3) is 0 Å². The van der Waals surface area contributed by atoms with Gasteiger partial charge in [-0.1, -0.05) is 32.6 Å². The van der Waals surface area contributed by atoms with Crippen molar-refractivity contribution >= 4 is 11.9 Å². The third-order valence-electron chi connectivity index (χ3n) is 4.65. The van der Waals surface area contributed by atoms with Crippen molar-refractivity contribution in [1.29, 1.82) is 0 Å². The molecule has 4 nitrogen and oxygen atoms in total. The Balaban J connectivity index is 1.93. The van der Waals surface area contributed by atoms with Crippen LogP contribution in [0.15, 0.2) is 0 Å². The average molecular weight is 267 g/mol. The molecule has 2 atom stereocenters. The molecule has 0 aromatic carbocycles. The molecule has 2 rings (SSSR count). The zero-order valence-electron chi connectivity index (χ0n) is 11.8. The Kier molecular flexibility index (Phi) is 4.83. The van der Waals surface area contributed by atoms with Crippen molar-refractivity contribution in [1.82, 2.24) is 4.90 Å². The predicted octanol–water partition coefficient (Wildman–Crippen LogP) is 2.67. The van der Waals surface area contributed by atoms with Crippen molar-refractivity contribution < 1.29 is 14.7 Å². The molecule has 19 heavy (non-hydrogen) atoms. The Morgan fingerprint density at radius 1 is 1.16 bits per heavy atom. The molecule has 1 aliphatic heterocycles. The van der Waals surface area contributed by atoms with Gasteiger partial charge in [0, 0.05) is 12.5 Å². The summed E-state index contributed by atoms with van der Waals surface area (Å²) < 4.78 is 0. The zero-order chi connectivity index (χ0) is 13.8. The van der Waals surface area contributed by atoms with Gasteiger partial charge >= 0.3 is 5.97 Å². The van der Waals surface area contributed by atoms with Gasteiger partial charge in [-0.25, -0.2) is 4.79 Å². The Morgan fingerprint density at radius 2 is 1.79 bits per heavy atom. The van der Waals surface area contributed by atoms with E-state index < -0.39 is 12.0 Å². The van der Waals surface area contributed by atoms with E-state index in [0.29, 0.717) is 18.9 Å². The lowest BCUT2D eigenvalue weighted by molar-refractivity contribution is -0.153. The van der Waals surface area contributed by atoms with Crippen molar-refractivity contribution in [3.8, 4) is 0 Å². The number of hydrogen-bond donors (Lipinski definition) is 1. The van der Waals surface area contributed by atoms with Gasteiger partial charge < -0.3 is 10.0 Å². The molecule has 1 saturated heterocycles. The molecule has 1 saturated carbocycles. The molecule has 0 spiro atoms. The molecule has 0 bridgehead atoms. The Hall–Kier alpha value is -1.06. The monoisotopic (exact) mass is 267 g/mol. The van der Waals surface area contributed by atoms with Crippen molar-refractivity contribution in [2.24, 2.45) is 11.8 Å². The van der Waals surface area contributed by atoms with Crippen LogP contribution in [0, 0.1) is 11.8 Å². The predicted molar refractivity (Wildman–Crippen MR) is 72.7 cm³/mol. The van der Waals surface area contributed by atoms with Crippen LogP contribution >= 0.6 is 0 Å². The average Bonchev–Trinajstić information content (AvgIpc) is 2.90. The summed E-state index contributed by atoms with van der Waals surface area (Å²) >= 11 is 0. The van der Waals surface area contributed by atoms with Crippen molar-refractivity contribution in [2.45, 2.75) is 64.3 Å². The number of carboxylic acids is 1. The van der Waals surface area contributed by atoms with Gasteiger partial charge in [0.1, 0.15) is 6.04 Å². The molecule has 1 heterocycles. The lowest BCUT2D eigenvalue weighted by Gasteiger charge is -2.35. The number of rotatable bonds is 4. The van der Waals surface area contributed by atoms with Crippen molar-refractivity contribution in [3.05, 3.63) is 0 Å². The minimum absolute atomic E-state index is 0.0250. The van der Waals surface area contributed by atoms with Gasteiger partial charge in [-0.05, 0) is 31.6 Å². The number of piperidine rings is 1. The molecule has 2 unspecified atom stereocenters. The molecular formula is C15H25NO3. The molecule has 4 heteroatoms. The molecule has 1 N–H and O–H groups in total. The fourth-order valence-corrected chi connectivity index (χ4v) is 3.58. The van der Waals surface area contributed by atoms with E-state index in [4.69, 9.17) is 0 Å². The van der Waals surface area contributed by atoms with E-state index >= 15 is 0 Å². The van der Waals surface area contributed by atoms with E-state index in [1.807, 2.05) is 6.92 Å². The molecule has 0 radical (unpaired) electrons. The first-order valence-corrected chi connectivity index (χ1v) is 7.63. The number of carboxylic acid groups (broad SMARTS) is 1. The molecule has 108 valence electrons. The van der Waals surface area contributed by atoms with E-state index in [1.165, 1.54) is 25.7 Å². The van der Waals surface area contributed by atoms with Crippen LogP contribution in [-0.2, 0) is 9.59 Å². The highest BCUT2D eigenvalue weighted by molar-refractivity contribution is 5.85. The summed E-state index contributed by atoms with van der Waals surface area (Å²) in [6.45, 7) is 2.58. The Labute approximate surface area is 115 Å². The normalized spacial score (nSPS) is 26.4. The van der Waals surface area contributed by atoms with Gasteiger partial charge in [-0.3, -0.25) is 4.79 Å². The standard InChI is InChI=1S/C15H25NO3/c1-11(10-12-6-2-3-7-12)14(17)16-9-5-4-8-13(16)15(18)19/h11-13H,2-10H2,1H3,(H,18,19). The maximum Gasteiger partial charge on any atom is 0.326 e. The fourth-order valence-electron chi connectivity index (χ4n) is 3.58. The lowest BCUT2D eigenvalue weighted by atomic mass is 9.92. The van der Waals surface area contributed by atoms with Crippen LogP contribution in [0.5, 0.6) is 0 Å². The Morgan fingerprint density at radius 3 is 2.42 bits per heavy atom. The van der Waals surface area contributed by atoms with Crippen LogP contribution in [0.2, 0.25) is 0 Å². The van der Waals surface area contributed by atoms with E-state index in [-0.39, 0.29) is 11.8 Å². The number of nitrogens with zero attached hydrogens (tertiary/aromatic N) is 1. The van der Waals surface area contributed by atoms with Gasteiger partial charge in [-0.15, -0.1) is 0 Å². The first-order chi connectivity index (χ1) is 9.09. The zero-order valence-corrected chi connectivity index (χ0v) is 11.8. The van der Waals surface area contributed by atoms with Crippen LogP contribution in [0.3, 0.4) is 0 Å². The quantitative estimate of drug-likeness (QED) is 0.852. The van der Waals surface area contributed by atoms with Crippen molar-refractivity contribution in [3.63, 3.8) is 0 Å². The van der Waals surface area contributed by atoms with Gasteiger partial charge in [0.05, 0.1) is 0 Å². The number of amides is 1. The fraction of sp³-hybridized carbons (Fsp3) is 0.867. The third kappa shape index (κ3) is 3.48. The van der Waals surface area contributed by atoms with E-state index in [1.54, 1.807) is 4.90 Å². The Bertz CT molecular complexity index is 336. The smallest absolute Gasteiger partial charge is 0.326 e. The van der Waals surface area contributed by atoms with Crippen LogP contribution in [0.25, 0.3) is 0 Å². The topological polar surface area (TPSA) is 57.6 Å². The van der Waals surface area contributed by atoms with Crippen LogP contribution in [0.4, 0.5) is 0 Å². The van der Waals surface area contributed by atoms with Gasteiger partial charge in [0.2, 0.25) is 5.91 Å². The van der Waals surface area contributed by atoms with E-state index in [2.05, 4.69) is 0 Å². The maximum atomic E-state index is 12.5. The molecular weight excluding hydrogens is 242 g/mol. The summed E-state index contributed by atoms with van der Waals surface area (Å²) in [5.74, 6) is -0.143. The van der Waals surface area contributed by atoms with E-state index in [9.17, 15) is 14.7 Å². The first kappa shape index (κ1) is 14.4. The summed E-state index contributed by atoms with van der Waals surface area (Å²) in [4.78, 5) is 25.3. The maximum absolute atomic E-state index is 12.5. The minimum Gasteiger partial charge on any atom is -0.480 e. The van der Waals surface area contributed by atoms with Gasteiger partial charge in [-0.2, -0.15) is 0 Å². The highest BCUT2D eigenvalue weighted by Crippen LogP contribution is 2.31. The molecule has 2 fully saturated rings. The molecule has 1 amide bonds.